The van der Waals surface area contributed by atoms with E-state index in [4.69, 9.17) is 19.6 Å². The Labute approximate surface area is 93.5 Å². The maximum atomic E-state index is 11.6. The number of carbonyl (C=O) groups is 1. The van der Waals surface area contributed by atoms with Crippen LogP contribution in [0.25, 0.3) is 0 Å². The lowest BCUT2D eigenvalue weighted by Crippen LogP contribution is -2.25. The molecule has 5 heteroatoms. The molecule has 0 aromatic carbocycles. The second-order valence-corrected chi connectivity index (χ2v) is 3.69. The molecule has 88 valence electrons. The molecule has 0 spiro atoms. The summed E-state index contributed by atoms with van der Waals surface area (Å²) in [7, 11) is 0. The van der Waals surface area contributed by atoms with Crippen molar-refractivity contribution in [3.63, 3.8) is 0 Å². The van der Waals surface area contributed by atoms with Crippen molar-refractivity contribution >= 4 is 5.97 Å². The Morgan fingerprint density at radius 2 is 2.19 bits per heavy atom. The molecule has 1 saturated heterocycles. The molecule has 5 nitrogen and oxygen atoms in total. The molecule has 0 aliphatic carbocycles. The van der Waals surface area contributed by atoms with Crippen LogP contribution in [0.3, 0.4) is 0 Å². The molecule has 0 atom stereocenters. The van der Waals surface area contributed by atoms with Gasteiger partial charge in [0.25, 0.3) is 0 Å². The van der Waals surface area contributed by atoms with E-state index in [1.165, 1.54) is 0 Å². The van der Waals surface area contributed by atoms with Gasteiger partial charge in [-0.1, -0.05) is 0 Å². The van der Waals surface area contributed by atoms with Gasteiger partial charge in [-0.05, 0) is 12.1 Å². The highest BCUT2D eigenvalue weighted by atomic mass is 16.6. The minimum Gasteiger partial charge on any atom is -0.456 e. The predicted octanol–water partition coefficient (Wildman–Crippen LogP) is 1.07. The summed E-state index contributed by atoms with van der Waals surface area (Å²) in [5.74, 6) is 0.373. The molecule has 0 radical (unpaired) electrons. The van der Waals surface area contributed by atoms with Crippen LogP contribution in [0.15, 0.2) is 16.5 Å². The van der Waals surface area contributed by atoms with Crippen molar-refractivity contribution < 1.29 is 18.7 Å². The molecule has 2 rings (SSSR count). The first-order chi connectivity index (χ1) is 7.79. The molecule has 16 heavy (non-hydrogen) atoms. The van der Waals surface area contributed by atoms with E-state index < -0.39 is 5.97 Å². The summed E-state index contributed by atoms with van der Waals surface area (Å²) < 4.78 is 15.7. The van der Waals surface area contributed by atoms with Gasteiger partial charge in [-0.25, -0.2) is 4.79 Å². The normalized spacial score (nSPS) is 17.3. The molecule has 0 saturated carbocycles. The smallest absolute Gasteiger partial charge is 0.374 e. The predicted molar refractivity (Wildman–Crippen MR) is 55.9 cm³/mol. The minimum atomic E-state index is -0.424. The van der Waals surface area contributed by atoms with Crippen LogP contribution in [0.4, 0.5) is 0 Å². The monoisotopic (exact) mass is 225 g/mol. The molecule has 1 aliphatic heterocycles. The van der Waals surface area contributed by atoms with Crippen molar-refractivity contribution in [2.24, 2.45) is 5.73 Å². The second-order valence-electron chi connectivity index (χ2n) is 3.69. The maximum Gasteiger partial charge on any atom is 0.374 e. The molecule has 0 amide bonds. The fourth-order valence-corrected chi connectivity index (χ4v) is 1.60. The Balaban J connectivity index is 1.91. The summed E-state index contributed by atoms with van der Waals surface area (Å²) >= 11 is 0. The highest BCUT2D eigenvalue weighted by Gasteiger charge is 2.20. The summed E-state index contributed by atoms with van der Waals surface area (Å²) in [6.45, 7) is 1.57. The third-order valence-corrected chi connectivity index (χ3v) is 2.51. The summed E-state index contributed by atoms with van der Waals surface area (Å²) in [6.07, 6.45) is 1.43. The summed E-state index contributed by atoms with van der Waals surface area (Å²) in [6, 6.07) is 3.27. The molecule has 2 N–H and O–H groups in total. The first-order valence-corrected chi connectivity index (χ1v) is 5.37. The number of carbonyl (C=O) groups excluding carboxylic acids is 1. The Kier molecular flexibility index (Phi) is 3.58. The number of hydrogen-bond donors (Lipinski definition) is 1. The van der Waals surface area contributed by atoms with Gasteiger partial charge in [-0.15, -0.1) is 0 Å². The van der Waals surface area contributed by atoms with E-state index in [-0.39, 0.29) is 18.4 Å². The third-order valence-electron chi connectivity index (χ3n) is 2.51. The second kappa shape index (κ2) is 5.14. The zero-order valence-corrected chi connectivity index (χ0v) is 8.98. The SMILES string of the molecule is NCc1ccc(C(=O)OC2CCOCC2)o1. The number of nitrogens with two attached hydrogens (primary N) is 1. The van der Waals surface area contributed by atoms with E-state index in [2.05, 4.69) is 0 Å². The largest absolute Gasteiger partial charge is 0.456 e. The topological polar surface area (TPSA) is 74.7 Å². The van der Waals surface area contributed by atoms with Crippen molar-refractivity contribution in [1.29, 1.82) is 0 Å². The van der Waals surface area contributed by atoms with Gasteiger partial charge in [0.15, 0.2) is 0 Å². The first kappa shape index (κ1) is 11.2. The van der Waals surface area contributed by atoms with E-state index in [0.29, 0.717) is 19.0 Å². The van der Waals surface area contributed by atoms with E-state index in [0.717, 1.165) is 12.8 Å². The zero-order valence-electron chi connectivity index (χ0n) is 8.98. The van der Waals surface area contributed by atoms with Gasteiger partial charge in [0.05, 0.1) is 19.8 Å². The summed E-state index contributed by atoms with van der Waals surface area (Å²) in [5, 5.41) is 0. The van der Waals surface area contributed by atoms with E-state index in [9.17, 15) is 4.79 Å². The van der Waals surface area contributed by atoms with Gasteiger partial charge in [0.1, 0.15) is 11.9 Å². The molecule has 2 heterocycles. The van der Waals surface area contributed by atoms with Crippen molar-refractivity contribution in [3.05, 3.63) is 23.7 Å². The quantitative estimate of drug-likeness (QED) is 0.779. The molecule has 1 fully saturated rings. The Hall–Kier alpha value is -1.33. The van der Waals surface area contributed by atoms with Crippen LogP contribution in [-0.2, 0) is 16.0 Å². The lowest BCUT2D eigenvalue weighted by atomic mass is 10.1. The van der Waals surface area contributed by atoms with Crippen LogP contribution in [0.5, 0.6) is 0 Å². The van der Waals surface area contributed by atoms with Crippen LogP contribution in [-0.4, -0.2) is 25.3 Å². The van der Waals surface area contributed by atoms with Crippen LogP contribution in [0.1, 0.15) is 29.2 Å². The van der Waals surface area contributed by atoms with Gasteiger partial charge in [0.2, 0.25) is 5.76 Å². The van der Waals surface area contributed by atoms with Crippen LogP contribution < -0.4 is 5.73 Å². The molecule has 1 aromatic rings. The van der Waals surface area contributed by atoms with Gasteiger partial charge >= 0.3 is 5.97 Å². The Morgan fingerprint density at radius 1 is 1.44 bits per heavy atom. The van der Waals surface area contributed by atoms with Gasteiger partial charge in [0, 0.05) is 12.8 Å². The molecular weight excluding hydrogens is 210 g/mol. The van der Waals surface area contributed by atoms with E-state index in [1.54, 1.807) is 12.1 Å². The van der Waals surface area contributed by atoms with Gasteiger partial charge in [-0.3, -0.25) is 0 Å². The average Bonchev–Trinajstić information content (AvgIpc) is 2.79. The van der Waals surface area contributed by atoms with Crippen molar-refractivity contribution in [2.75, 3.05) is 13.2 Å². The summed E-state index contributed by atoms with van der Waals surface area (Å²) in [5.41, 5.74) is 5.39. The zero-order chi connectivity index (χ0) is 11.4. The van der Waals surface area contributed by atoms with E-state index >= 15 is 0 Å². The van der Waals surface area contributed by atoms with Gasteiger partial charge in [-0.2, -0.15) is 0 Å². The Bertz CT molecular complexity index is 355. The molecular formula is C11H15NO4. The highest BCUT2D eigenvalue weighted by Crippen LogP contribution is 2.15. The standard InChI is InChI=1S/C11H15NO4/c12-7-9-1-2-10(15-9)11(13)16-8-3-5-14-6-4-8/h1-2,8H,3-7,12H2. The molecule has 1 aliphatic rings. The number of ether oxygens (including phenoxy) is 2. The van der Waals surface area contributed by atoms with Crippen molar-refractivity contribution in [3.8, 4) is 0 Å². The number of furan rings is 1. The maximum absolute atomic E-state index is 11.6. The first-order valence-electron chi connectivity index (χ1n) is 5.37. The van der Waals surface area contributed by atoms with Crippen LogP contribution >= 0.6 is 0 Å². The lowest BCUT2D eigenvalue weighted by molar-refractivity contribution is -0.0180. The number of rotatable bonds is 3. The molecule has 0 bridgehead atoms. The van der Waals surface area contributed by atoms with E-state index in [1.807, 2.05) is 0 Å². The number of esters is 1. The van der Waals surface area contributed by atoms with Crippen LogP contribution in [0.2, 0.25) is 0 Å². The van der Waals surface area contributed by atoms with Gasteiger partial charge < -0.3 is 19.6 Å². The summed E-state index contributed by atoms with van der Waals surface area (Å²) in [4.78, 5) is 11.6. The highest BCUT2D eigenvalue weighted by molar-refractivity contribution is 5.86. The minimum absolute atomic E-state index is 0.0623. The average molecular weight is 225 g/mol. The molecule has 1 aromatic heterocycles. The van der Waals surface area contributed by atoms with Crippen molar-refractivity contribution in [2.45, 2.75) is 25.5 Å². The lowest BCUT2D eigenvalue weighted by Gasteiger charge is -2.21. The fraction of sp³-hybridized carbons (Fsp3) is 0.545. The number of hydrogen-bond acceptors (Lipinski definition) is 5. The van der Waals surface area contributed by atoms with Crippen molar-refractivity contribution in [1.82, 2.24) is 0 Å². The Morgan fingerprint density at radius 3 is 2.81 bits per heavy atom. The van der Waals surface area contributed by atoms with Crippen LogP contribution in [0, 0.1) is 0 Å². The fourth-order valence-electron chi connectivity index (χ4n) is 1.60. The molecule has 0 unspecified atom stereocenters. The third kappa shape index (κ3) is 2.62.